The summed E-state index contributed by atoms with van der Waals surface area (Å²) in [6, 6.07) is 0. The number of aliphatic hydroxyl groups is 1. The summed E-state index contributed by atoms with van der Waals surface area (Å²) >= 11 is 0. The molecular formula is C10H16N4O3. The second kappa shape index (κ2) is 5.24. The fraction of sp³-hybridized carbons (Fsp3) is 0.700. The van der Waals surface area contributed by atoms with E-state index < -0.39 is 4.92 Å². The second-order valence-corrected chi connectivity index (χ2v) is 4.29. The van der Waals surface area contributed by atoms with Crippen LogP contribution in [0.4, 0.5) is 5.69 Å². The van der Waals surface area contributed by atoms with Gasteiger partial charge in [-0.2, -0.15) is 5.10 Å². The third-order valence-electron chi connectivity index (χ3n) is 3.03. The Morgan fingerprint density at radius 3 is 2.76 bits per heavy atom. The summed E-state index contributed by atoms with van der Waals surface area (Å²) in [5.74, 6) is 0. The largest absolute Gasteiger partial charge is 0.393 e. The molecule has 7 heteroatoms. The Labute approximate surface area is 98.8 Å². The van der Waals surface area contributed by atoms with Gasteiger partial charge in [-0.25, -0.2) is 0 Å². The van der Waals surface area contributed by atoms with Crippen molar-refractivity contribution >= 4 is 5.69 Å². The molecule has 1 fully saturated rings. The van der Waals surface area contributed by atoms with Crippen molar-refractivity contribution in [2.24, 2.45) is 0 Å². The highest BCUT2D eigenvalue weighted by Crippen LogP contribution is 2.11. The minimum absolute atomic E-state index is 0.0269. The van der Waals surface area contributed by atoms with Crippen LogP contribution >= 0.6 is 0 Å². The average molecular weight is 240 g/mol. The van der Waals surface area contributed by atoms with Gasteiger partial charge < -0.3 is 10.0 Å². The van der Waals surface area contributed by atoms with Crippen LogP contribution in [0.5, 0.6) is 0 Å². The zero-order chi connectivity index (χ0) is 12.3. The Hall–Kier alpha value is -1.47. The number of piperidine rings is 1. The smallest absolute Gasteiger partial charge is 0.306 e. The molecule has 1 aliphatic rings. The lowest BCUT2D eigenvalue weighted by Gasteiger charge is -2.29. The van der Waals surface area contributed by atoms with Gasteiger partial charge in [0.05, 0.1) is 17.6 Å². The molecule has 0 spiro atoms. The van der Waals surface area contributed by atoms with E-state index in [2.05, 4.69) is 10.00 Å². The van der Waals surface area contributed by atoms with E-state index in [1.165, 1.54) is 12.4 Å². The SMILES string of the molecule is O=[N+]([O-])c1cnn(CCN2CCC(O)CC2)c1. The van der Waals surface area contributed by atoms with Crippen molar-refractivity contribution < 1.29 is 10.0 Å². The van der Waals surface area contributed by atoms with Gasteiger partial charge in [0.2, 0.25) is 0 Å². The molecule has 1 aliphatic heterocycles. The summed E-state index contributed by atoms with van der Waals surface area (Å²) in [5, 5.41) is 23.8. The van der Waals surface area contributed by atoms with Crippen LogP contribution in [-0.2, 0) is 6.54 Å². The summed E-state index contributed by atoms with van der Waals surface area (Å²) < 4.78 is 1.59. The Morgan fingerprint density at radius 1 is 1.47 bits per heavy atom. The molecule has 1 saturated heterocycles. The molecule has 17 heavy (non-hydrogen) atoms. The highest BCUT2D eigenvalue weighted by molar-refractivity contribution is 5.20. The molecular weight excluding hydrogens is 224 g/mol. The zero-order valence-corrected chi connectivity index (χ0v) is 9.53. The molecule has 0 aromatic carbocycles. The number of nitro groups is 1. The van der Waals surface area contributed by atoms with Crippen LogP contribution in [0.3, 0.4) is 0 Å². The maximum absolute atomic E-state index is 10.5. The van der Waals surface area contributed by atoms with Crippen LogP contribution in [-0.4, -0.2) is 50.4 Å². The molecule has 0 bridgehead atoms. The van der Waals surface area contributed by atoms with Crippen LogP contribution in [0, 0.1) is 10.1 Å². The summed E-state index contributed by atoms with van der Waals surface area (Å²) in [6.07, 6.45) is 4.15. The third kappa shape index (κ3) is 3.24. The lowest BCUT2D eigenvalue weighted by molar-refractivity contribution is -0.385. The molecule has 1 aromatic rings. The maximum atomic E-state index is 10.5. The predicted molar refractivity (Wildman–Crippen MR) is 60.6 cm³/mol. The molecule has 1 aromatic heterocycles. The highest BCUT2D eigenvalue weighted by Gasteiger charge is 2.17. The number of likely N-dealkylation sites (tertiary alicyclic amines) is 1. The van der Waals surface area contributed by atoms with Gasteiger partial charge in [-0.1, -0.05) is 0 Å². The van der Waals surface area contributed by atoms with Crippen LogP contribution < -0.4 is 0 Å². The van der Waals surface area contributed by atoms with Crippen molar-refractivity contribution in [3.63, 3.8) is 0 Å². The summed E-state index contributed by atoms with van der Waals surface area (Å²) in [4.78, 5) is 12.3. The number of nitrogens with zero attached hydrogens (tertiary/aromatic N) is 4. The van der Waals surface area contributed by atoms with Crippen molar-refractivity contribution in [1.82, 2.24) is 14.7 Å². The van der Waals surface area contributed by atoms with Crippen LogP contribution in [0.25, 0.3) is 0 Å². The van der Waals surface area contributed by atoms with Gasteiger partial charge in [-0.15, -0.1) is 0 Å². The first-order chi connectivity index (χ1) is 8.15. The summed E-state index contributed by atoms with van der Waals surface area (Å²) in [6.45, 7) is 3.21. The number of aliphatic hydroxyl groups excluding tert-OH is 1. The third-order valence-corrected chi connectivity index (χ3v) is 3.03. The normalized spacial score (nSPS) is 18.4. The first kappa shape index (κ1) is 12.0. The van der Waals surface area contributed by atoms with E-state index in [0.717, 1.165) is 32.5 Å². The van der Waals surface area contributed by atoms with Crippen LogP contribution in [0.1, 0.15) is 12.8 Å². The first-order valence-corrected chi connectivity index (χ1v) is 5.72. The Balaban J connectivity index is 1.79. The van der Waals surface area contributed by atoms with Crippen LogP contribution in [0.2, 0.25) is 0 Å². The molecule has 0 aliphatic carbocycles. The standard InChI is InChI=1S/C10H16N4O3/c15-10-1-3-12(4-2-10)5-6-13-8-9(7-11-13)14(16)17/h7-8,10,15H,1-6H2. The van der Waals surface area contributed by atoms with Crippen molar-refractivity contribution in [3.8, 4) is 0 Å². The monoisotopic (exact) mass is 240 g/mol. The number of aromatic nitrogens is 2. The van der Waals surface area contributed by atoms with Gasteiger partial charge in [0, 0.05) is 19.6 Å². The molecule has 94 valence electrons. The summed E-state index contributed by atoms with van der Waals surface area (Å²) in [7, 11) is 0. The van der Waals surface area contributed by atoms with E-state index in [1.807, 2.05) is 0 Å². The average Bonchev–Trinajstić information content (AvgIpc) is 2.77. The molecule has 2 heterocycles. The Kier molecular flexibility index (Phi) is 3.70. The molecule has 0 saturated carbocycles. The molecule has 7 nitrogen and oxygen atoms in total. The molecule has 0 radical (unpaired) electrons. The van der Waals surface area contributed by atoms with E-state index in [4.69, 9.17) is 0 Å². The zero-order valence-electron chi connectivity index (χ0n) is 9.53. The molecule has 0 unspecified atom stereocenters. The van der Waals surface area contributed by atoms with Crippen LogP contribution in [0.15, 0.2) is 12.4 Å². The number of rotatable bonds is 4. The fourth-order valence-electron chi connectivity index (χ4n) is 1.96. The first-order valence-electron chi connectivity index (χ1n) is 5.72. The fourth-order valence-corrected chi connectivity index (χ4v) is 1.96. The van der Waals surface area contributed by atoms with Crippen molar-refractivity contribution in [2.75, 3.05) is 19.6 Å². The van der Waals surface area contributed by atoms with Crippen molar-refractivity contribution in [2.45, 2.75) is 25.5 Å². The van der Waals surface area contributed by atoms with E-state index in [1.54, 1.807) is 4.68 Å². The van der Waals surface area contributed by atoms with Crippen molar-refractivity contribution in [3.05, 3.63) is 22.5 Å². The molecule has 0 atom stereocenters. The van der Waals surface area contributed by atoms with E-state index >= 15 is 0 Å². The second-order valence-electron chi connectivity index (χ2n) is 4.29. The minimum Gasteiger partial charge on any atom is -0.393 e. The van der Waals surface area contributed by atoms with Gasteiger partial charge in [0.15, 0.2) is 0 Å². The maximum Gasteiger partial charge on any atom is 0.306 e. The van der Waals surface area contributed by atoms with Gasteiger partial charge in [-0.3, -0.25) is 14.8 Å². The van der Waals surface area contributed by atoms with Gasteiger partial charge in [0.25, 0.3) is 0 Å². The van der Waals surface area contributed by atoms with Gasteiger partial charge in [-0.05, 0) is 12.8 Å². The topological polar surface area (TPSA) is 84.4 Å². The minimum atomic E-state index is -0.444. The molecule has 2 rings (SSSR count). The summed E-state index contributed by atoms with van der Waals surface area (Å²) in [5.41, 5.74) is 0.0269. The van der Waals surface area contributed by atoms with Gasteiger partial charge in [0.1, 0.15) is 12.4 Å². The lowest BCUT2D eigenvalue weighted by atomic mass is 10.1. The molecule has 0 amide bonds. The number of hydrogen-bond acceptors (Lipinski definition) is 5. The van der Waals surface area contributed by atoms with E-state index in [-0.39, 0.29) is 11.8 Å². The lowest BCUT2D eigenvalue weighted by Crippen LogP contribution is -2.37. The van der Waals surface area contributed by atoms with Crippen molar-refractivity contribution in [1.29, 1.82) is 0 Å². The van der Waals surface area contributed by atoms with Gasteiger partial charge >= 0.3 is 5.69 Å². The predicted octanol–water partition coefficient (Wildman–Crippen LogP) is 0.248. The Morgan fingerprint density at radius 2 is 2.18 bits per heavy atom. The number of hydrogen-bond donors (Lipinski definition) is 1. The molecule has 1 N–H and O–H groups in total. The quantitative estimate of drug-likeness (QED) is 0.602. The van der Waals surface area contributed by atoms with E-state index in [0.29, 0.717) is 6.54 Å². The highest BCUT2D eigenvalue weighted by atomic mass is 16.6. The van der Waals surface area contributed by atoms with E-state index in [9.17, 15) is 15.2 Å². The Bertz CT molecular complexity index is 385.